The molecule has 2 saturated carbocycles. The third-order valence-corrected chi connectivity index (χ3v) is 2.91. The van der Waals surface area contributed by atoms with Crippen molar-refractivity contribution in [1.29, 1.82) is 0 Å². The molecule has 1 heterocycles. The lowest BCUT2D eigenvalue weighted by Gasteiger charge is -2.08. The first kappa shape index (κ1) is 8.48. The monoisotopic (exact) mass is 209 g/mol. The molecule has 74 valence electrons. The molecule has 0 aromatic carbocycles. The van der Waals surface area contributed by atoms with Gasteiger partial charge >= 0.3 is 0 Å². The second-order valence-corrected chi connectivity index (χ2v) is 4.47. The van der Waals surface area contributed by atoms with E-state index in [4.69, 9.17) is 11.6 Å². The summed E-state index contributed by atoms with van der Waals surface area (Å²) >= 11 is 5.78. The molecule has 1 aromatic heterocycles. The first-order valence-electron chi connectivity index (χ1n) is 5.12. The molecule has 0 spiro atoms. The van der Waals surface area contributed by atoms with E-state index in [1.54, 1.807) is 0 Å². The smallest absolute Gasteiger partial charge is 0.224 e. The van der Waals surface area contributed by atoms with Crippen molar-refractivity contribution in [2.75, 3.05) is 5.32 Å². The highest BCUT2D eigenvalue weighted by molar-refractivity contribution is 6.28. The van der Waals surface area contributed by atoms with Gasteiger partial charge in [0.2, 0.25) is 5.28 Å². The maximum atomic E-state index is 5.78. The van der Waals surface area contributed by atoms with Crippen LogP contribution in [0.2, 0.25) is 5.28 Å². The highest BCUT2D eigenvalue weighted by atomic mass is 35.5. The summed E-state index contributed by atoms with van der Waals surface area (Å²) in [6, 6.07) is 0.624. The zero-order chi connectivity index (χ0) is 9.54. The number of nitrogens with zero attached hydrogens (tertiary/aromatic N) is 2. The second-order valence-electron chi connectivity index (χ2n) is 4.14. The van der Waals surface area contributed by atoms with Crippen molar-refractivity contribution >= 4 is 17.4 Å². The summed E-state index contributed by atoms with van der Waals surface area (Å²) in [6.45, 7) is 0. The van der Waals surface area contributed by atoms with Crippen LogP contribution in [0.5, 0.6) is 0 Å². The van der Waals surface area contributed by atoms with Gasteiger partial charge in [0, 0.05) is 17.8 Å². The fourth-order valence-electron chi connectivity index (χ4n) is 1.60. The van der Waals surface area contributed by atoms with Gasteiger partial charge in [0.05, 0.1) is 0 Å². The van der Waals surface area contributed by atoms with Gasteiger partial charge in [-0.1, -0.05) is 0 Å². The Labute approximate surface area is 87.9 Å². The van der Waals surface area contributed by atoms with E-state index < -0.39 is 0 Å². The number of hydrogen-bond donors (Lipinski definition) is 1. The quantitative estimate of drug-likeness (QED) is 0.778. The zero-order valence-corrected chi connectivity index (χ0v) is 8.59. The van der Waals surface area contributed by atoms with E-state index in [0.29, 0.717) is 17.2 Å². The Morgan fingerprint density at radius 1 is 1.29 bits per heavy atom. The van der Waals surface area contributed by atoms with Crippen LogP contribution in [-0.2, 0) is 0 Å². The minimum atomic E-state index is 0.345. The molecule has 0 bridgehead atoms. The molecule has 1 N–H and O–H groups in total. The summed E-state index contributed by atoms with van der Waals surface area (Å²) in [5, 5.41) is 3.76. The summed E-state index contributed by atoms with van der Waals surface area (Å²) in [5.74, 6) is 1.64. The number of rotatable bonds is 3. The van der Waals surface area contributed by atoms with Crippen molar-refractivity contribution in [3.63, 3.8) is 0 Å². The van der Waals surface area contributed by atoms with Gasteiger partial charge in [0.1, 0.15) is 5.82 Å². The number of anilines is 1. The highest BCUT2D eigenvalue weighted by Gasteiger charge is 2.30. The molecule has 3 rings (SSSR count). The van der Waals surface area contributed by atoms with E-state index in [9.17, 15) is 0 Å². The van der Waals surface area contributed by atoms with Gasteiger partial charge in [-0.25, -0.2) is 9.97 Å². The first-order chi connectivity index (χ1) is 6.83. The topological polar surface area (TPSA) is 37.8 Å². The molecule has 0 unspecified atom stereocenters. The molecule has 2 aliphatic rings. The van der Waals surface area contributed by atoms with Gasteiger partial charge < -0.3 is 5.32 Å². The van der Waals surface area contributed by atoms with Gasteiger partial charge in [0.25, 0.3) is 0 Å². The van der Waals surface area contributed by atoms with Crippen LogP contribution in [0.15, 0.2) is 6.20 Å². The lowest BCUT2D eigenvalue weighted by molar-refractivity contribution is 1.00. The summed E-state index contributed by atoms with van der Waals surface area (Å²) in [7, 11) is 0. The maximum absolute atomic E-state index is 5.78. The second kappa shape index (κ2) is 3.09. The fraction of sp³-hybridized carbons (Fsp3) is 0.600. The third kappa shape index (κ3) is 1.69. The van der Waals surface area contributed by atoms with Crippen molar-refractivity contribution in [2.45, 2.75) is 37.6 Å². The number of aromatic nitrogens is 2. The Morgan fingerprint density at radius 2 is 2.07 bits per heavy atom. The Bertz CT molecular complexity index is 358. The summed E-state index contributed by atoms with van der Waals surface area (Å²) < 4.78 is 0. The Morgan fingerprint density at radius 3 is 2.71 bits per heavy atom. The van der Waals surface area contributed by atoms with Crippen LogP contribution in [0.3, 0.4) is 0 Å². The maximum Gasteiger partial charge on any atom is 0.224 e. The first-order valence-corrected chi connectivity index (χ1v) is 5.49. The molecule has 4 heteroatoms. The van der Waals surface area contributed by atoms with Gasteiger partial charge in [-0.15, -0.1) is 0 Å². The summed E-state index contributed by atoms with van der Waals surface area (Å²) in [5.41, 5.74) is 1.25. The molecule has 0 radical (unpaired) electrons. The predicted molar refractivity (Wildman–Crippen MR) is 55.7 cm³/mol. The van der Waals surface area contributed by atoms with Crippen LogP contribution in [0.1, 0.15) is 37.2 Å². The SMILES string of the molecule is Clc1ncc(C2CC2)c(NC2CC2)n1. The largest absolute Gasteiger partial charge is 0.367 e. The molecule has 0 atom stereocenters. The molecule has 0 amide bonds. The molecule has 0 saturated heterocycles. The Hall–Kier alpha value is -0.830. The predicted octanol–water partition coefficient (Wildman–Crippen LogP) is 2.58. The molecule has 3 nitrogen and oxygen atoms in total. The van der Waals surface area contributed by atoms with E-state index in [1.165, 1.54) is 31.2 Å². The van der Waals surface area contributed by atoms with Gasteiger partial charge in [-0.3, -0.25) is 0 Å². The lowest BCUT2D eigenvalue weighted by atomic mass is 10.2. The Balaban J connectivity index is 1.90. The standard InChI is InChI=1S/C10H12ClN3/c11-10-12-5-8(6-1-2-6)9(14-10)13-7-3-4-7/h5-7H,1-4H2,(H,12,13,14). The van der Waals surface area contributed by atoms with Crippen LogP contribution in [0.4, 0.5) is 5.82 Å². The van der Waals surface area contributed by atoms with Gasteiger partial charge in [0.15, 0.2) is 0 Å². The number of nitrogens with one attached hydrogen (secondary N) is 1. The normalized spacial score (nSPS) is 20.9. The van der Waals surface area contributed by atoms with E-state index >= 15 is 0 Å². The molecule has 0 aliphatic heterocycles. The van der Waals surface area contributed by atoms with Gasteiger partial charge in [-0.05, 0) is 43.2 Å². The molecule has 14 heavy (non-hydrogen) atoms. The van der Waals surface area contributed by atoms with E-state index in [1.807, 2.05) is 6.20 Å². The molecule has 1 aromatic rings. The van der Waals surface area contributed by atoms with E-state index in [0.717, 1.165) is 5.82 Å². The number of halogens is 1. The van der Waals surface area contributed by atoms with Crippen LogP contribution in [0, 0.1) is 0 Å². The van der Waals surface area contributed by atoms with Crippen molar-refractivity contribution in [3.05, 3.63) is 17.0 Å². The Kier molecular flexibility index (Phi) is 1.87. The minimum absolute atomic E-state index is 0.345. The summed E-state index contributed by atoms with van der Waals surface area (Å²) in [6.07, 6.45) is 6.92. The van der Waals surface area contributed by atoms with Crippen LogP contribution in [-0.4, -0.2) is 16.0 Å². The third-order valence-electron chi connectivity index (χ3n) is 2.72. The average Bonchev–Trinajstić information content (AvgIpc) is 2.99. The molecule has 2 fully saturated rings. The summed E-state index contributed by atoms with van der Waals surface area (Å²) in [4.78, 5) is 8.30. The van der Waals surface area contributed by atoms with Crippen molar-refractivity contribution in [1.82, 2.24) is 9.97 Å². The van der Waals surface area contributed by atoms with Crippen molar-refractivity contribution < 1.29 is 0 Å². The van der Waals surface area contributed by atoms with Crippen molar-refractivity contribution in [2.24, 2.45) is 0 Å². The van der Waals surface area contributed by atoms with Gasteiger partial charge in [-0.2, -0.15) is 0 Å². The highest BCUT2D eigenvalue weighted by Crippen LogP contribution is 2.43. The van der Waals surface area contributed by atoms with E-state index in [2.05, 4.69) is 15.3 Å². The molecular formula is C10H12ClN3. The molecule has 2 aliphatic carbocycles. The zero-order valence-electron chi connectivity index (χ0n) is 7.83. The fourth-order valence-corrected chi connectivity index (χ4v) is 1.73. The van der Waals surface area contributed by atoms with Crippen LogP contribution < -0.4 is 5.32 Å². The molecular weight excluding hydrogens is 198 g/mol. The van der Waals surface area contributed by atoms with Crippen LogP contribution in [0.25, 0.3) is 0 Å². The van der Waals surface area contributed by atoms with Crippen molar-refractivity contribution in [3.8, 4) is 0 Å². The lowest BCUT2D eigenvalue weighted by Crippen LogP contribution is -2.06. The number of hydrogen-bond acceptors (Lipinski definition) is 3. The average molecular weight is 210 g/mol. The van der Waals surface area contributed by atoms with Crippen LogP contribution >= 0.6 is 11.6 Å². The minimum Gasteiger partial charge on any atom is -0.367 e. The van der Waals surface area contributed by atoms with E-state index in [-0.39, 0.29) is 0 Å².